The summed E-state index contributed by atoms with van der Waals surface area (Å²) in [7, 11) is 1.51. The number of anilines is 1. The van der Waals surface area contributed by atoms with Gasteiger partial charge in [-0.15, -0.1) is 32.9 Å². The fourth-order valence-corrected chi connectivity index (χ4v) is 5.81. The van der Waals surface area contributed by atoms with Crippen LogP contribution in [0.15, 0.2) is 46.2 Å². The second-order valence-electron chi connectivity index (χ2n) is 7.47. The van der Waals surface area contributed by atoms with Gasteiger partial charge >= 0.3 is 0 Å². The number of thiophene rings is 2. The van der Waals surface area contributed by atoms with E-state index >= 15 is 0 Å². The minimum Gasteiger partial charge on any atom is -0.495 e. The predicted octanol–water partition coefficient (Wildman–Crippen LogP) is 5.89. The predicted molar refractivity (Wildman–Crippen MR) is 138 cm³/mol. The molecule has 0 spiro atoms. The molecule has 0 aliphatic heterocycles. The Hall–Kier alpha value is -3.08. The van der Waals surface area contributed by atoms with Crippen molar-refractivity contribution in [1.82, 2.24) is 15.2 Å². The SMILES string of the molecule is COc1ccc(C(=O)CSc2nnc(-c3sccc3C)c(-c3sccc3C)n2)cc1NC(C)=O. The van der Waals surface area contributed by atoms with Gasteiger partial charge in [-0.3, -0.25) is 9.59 Å². The minimum absolute atomic E-state index is 0.116. The molecule has 3 heterocycles. The van der Waals surface area contributed by atoms with Crippen molar-refractivity contribution < 1.29 is 14.3 Å². The number of nitrogens with zero attached hydrogens (tertiary/aromatic N) is 3. The van der Waals surface area contributed by atoms with Crippen LogP contribution in [0.4, 0.5) is 5.69 Å². The number of nitrogens with one attached hydrogen (secondary N) is 1. The Morgan fingerprint density at radius 1 is 1.00 bits per heavy atom. The Morgan fingerprint density at radius 3 is 2.26 bits per heavy atom. The summed E-state index contributed by atoms with van der Waals surface area (Å²) in [6.45, 7) is 5.50. The van der Waals surface area contributed by atoms with Crippen LogP contribution in [0.1, 0.15) is 28.4 Å². The molecule has 0 unspecified atom stereocenters. The molecular formula is C24H22N4O3S3. The van der Waals surface area contributed by atoms with Crippen molar-refractivity contribution in [3.05, 3.63) is 57.8 Å². The molecular weight excluding hydrogens is 488 g/mol. The van der Waals surface area contributed by atoms with Gasteiger partial charge in [0.05, 0.1) is 28.3 Å². The smallest absolute Gasteiger partial charge is 0.221 e. The zero-order chi connectivity index (χ0) is 24.2. The molecule has 0 saturated carbocycles. The van der Waals surface area contributed by atoms with Crippen molar-refractivity contribution in [1.29, 1.82) is 0 Å². The molecule has 4 rings (SSSR count). The van der Waals surface area contributed by atoms with Gasteiger partial charge in [-0.2, -0.15) is 0 Å². The number of methoxy groups -OCH3 is 1. The van der Waals surface area contributed by atoms with E-state index in [-0.39, 0.29) is 17.4 Å². The molecule has 4 aromatic rings. The third-order valence-electron chi connectivity index (χ3n) is 4.99. The number of benzene rings is 1. The topological polar surface area (TPSA) is 94.1 Å². The van der Waals surface area contributed by atoms with Gasteiger partial charge in [0.2, 0.25) is 11.1 Å². The zero-order valence-corrected chi connectivity index (χ0v) is 21.5. The molecule has 10 heteroatoms. The summed E-state index contributed by atoms with van der Waals surface area (Å²) in [4.78, 5) is 31.2. The number of amides is 1. The molecule has 0 aliphatic carbocycles. The Kier molecular flexibility index (Phi) is 7.40. The van der Waals surface area contributed by atoms with Gasteiger partial charge in [-0.25, -0.2) is 4.98 Å². The van der Waals surface area contributed by atoms with Gasteiger partial charge in [0, 0.05) is 12.5 Å². The Labute approximate surface area is 209 Å². The highest BCUT2D eigenvalue weighted by molar-refractivity contribution is 7.99. The summed E-state index contributed by atoms with van der Waals surface area (Å²) in [6, 6.07) is 9.07. The number of hydrogen-bond acceptors (Lipinski definition) is 9. The van der Waals surface area contributed by atoms with E-state index in [1.807, 2.05) is 24.6 Å². The first kappa shape index (κ1) is 24.1. The molecule has 1 amide bonds. The average Bonchev–Trinajstić information content (AvgIpc) is 3.44. The van der Waals surface area contributed by atoms with Gasteiger partial charge in [0.15, 0.2) is 5.78 Å². The number of rotatable bonds is 8. The average molecular weight is 511 g/mol. The van der Waals surface area contributed by atoms with Gasteiger partial charge in [-0.1, -0.05) is 11.8 Å². The monoisotopic (exact) mass is 510 g/mol. The maximum atomic E-state index is 12.9. The lowest BCUT2D eigenvalue weighted by Gasteiger charge is -2.11. The Balaban J connectivity index is 1.59. The number of carbonyl (C=O) groups is 2. The van der Waals surface area contributed by atoms with Crippen LogP contribution in [0.2, 0.25) is 0 Å². The molecule has 174 valence electrons. The maximum Gasteiger partial charge on any atom is 0.221 e. The van der Waals surface area contributed by atoms with E-state index in [0.29, 0.717) is 22.2 Å². The molecule has 0 radical (unpaired) electrons. The van der Waals surface area contributed by atoms with Crippen molar-refractivity contribution in [3.8, 4) is 26.9 Å². The largest absolute Gasteiger partial charge is 0.495 e. The van der Waals surface area contributed by atoms with E-state index in [9.17, 15) is 9.59 Å². The van der Waals surface area contributed by atoms with Crippen LogP contribution in [-0.4, -0.2) is 39.7 Å². The molecule has 0 bridgehead atoms. The van der Waals surface area contributed by atoms with Crippen molar-refractivity contribution in [2.24, 2.45) is 0 Å². The molecule has 1 aromatic carbocycles. The fraction of sp³-hybridized carbons (Fsp3) is 0.208. The highest BCUT2D eigenvalue weighted by Crippen LogP contribution is 2.38. The number of hydrogen-bond donors (Lipinski definition) is 1. The van der Waals surface area contributed by atoms with Crippen LogP contribution in [0.25, 0.3) is 21.1 Å². The number of carbonyl (C=O) groups excluding carboxylic acids is 2. The second kappa shape index (κ2) is 10.5. The lowest BCUT2D eigenvalue weighted by atomic mass is 10.1. The van der Waals surface area contributed by atoms with E-state index in [1.165, 1.54) is 25.8 Å². The summed E-state index contributed by atoms with van der Waals surface area (Å²) in [5, 5.41) is 16.0. The van der Waals surface area contributed by atoms with Crippen molar-refractivity contribution in [3.63, 3.8) is 0 Å². The standard InChI is InChI=1S/C24H22N4O3S3/c1-13-7-9-32-22(13)20-21(23-14(2)8-10-33-23)27-28-24(26-20)34-12-18(30)16-5-6-19(31-4)17(11-16)25-15(3)29/h5-11H,12H2,1-4H3,(H,25,29). The first-order valence-corrected chi connectivity index (χ1v) is 13.1. The number of aromatic nitrogens is 3. The molecule has 0 atom stereocenters. The van der Waals surface area contributed by atoms with Crippen molar-refractivity contribution in [2.45, 2.75) is 25.9 Å². The molecule has 7 nitrogen and oxygen atoms in total. The minimum atomic E-state index is -0.241. The lowest BCUT2D eigenvalue weighted by Crippen LogP contribution is -2.10. The highest BCUT2D eigenvalue weighted by Gasteiger charge is 2.20. The number of ketones is 1. The molecule has 3 aromatic heterocycles. The van der Waals surface area contributed by atoms with E-state index < -0.39 is 0 Å². The highest BCUT2D eigenvalue weighted by atomic mass is 32.2. The summed E-state index contributed by atoms with van der Waals surface area (Å²) in [5.74, 6) is 0.264. The van der Waals surface area contributed by atoms with E-state index in [2.05, 4.69) is 27.6 Å². The van der Waals surface area contributed by atoms with Gasteiger partial charge in [0.25, 0.3) is 0 Å². The van der Waals surface area contributed by atoms with Gasteiger partial charge < -0.3 is 10.1 Å². The van der Waals surface area contributed by atoms with Crippen LogP contribution in [-0.2, 0) is 4.79 Å². The zero-order valence-electron chi connectivity index (χ0n) is 19.0. The van der Waals surface area contributed by atoms with Gasteiger partial charge in [-0.05, 0) is 66.1 Å². The summed E-state index contributed by atoms with van der Waals surface area (Å²) in [6.07, 6.45) is 0. The third kappa shape index (κ3) is 5.19. The normalized spacial score (nSPS) is 10.8. The first-order valence-electron chi connectivity index (χ1n) is 10.3. The van der Waals surface area contributed by atoms with Crippen LogP contribution < -0.4 is 10.1 Å². The molecule has 0 saturated heterocycles. The van der Waals surface area contributed by atoms with Crippen LogP contribution in [0.5, 0.6) is 5.75 Å². The molecule has 34 heavy (non-hydrogen) atoms. The maximum absolute atomic E-state index is 12.9. The molecule has 1 N–H and O–H groups in total. The first-order chi connectivity index (χ1) is 16.4. The van der Waals surface area contributed by atoms with Crippen LogP contribution >= 0.6 is 34.4 Å². The Morgan fingerprint density at radius 2 is 1.68 bits per heavy atom. The number of thioether (sulfide) groups is 1. The van der Waals surface area contributed by atoms with Crippen LogP contribution in [0.3, 0.4) is 0 Å². The number of ether oxygens (including phenoxy) is 1. The number of aryl methyl sites for hydroxylation is 2. The quantitative estimate of drug-likeness (QED) is 0.233. The van der Waals surface area contributed by atoms with Crippen LogP contribution in [0, 0.1) is 13.8 Å². The van der Waals surface area contributed by atoms with Crippen molar-refractivity contribution >= 4 is 51.8 Å². The second-order valence-corrected chi connectivity index (χ2v) is 10.2. The van der Waals surface area contributed by atoms with Gasteiger partial charge in [0.1, 0.15) is 17.1 Å². The van der Waals surface area contributed by atoms with Crippen molar-refractivity contribution in [2.75, 3.05) is 18.2 Å². The lowest BCUT2D eigenvalue weighted by molar-refractivity contribution is -0.114. The fourth-order valence-electron chi connectivity index (χ4n) is 3.30. The number of Topliss-reactive ketones (excluding diaryl/α,β-unsaturated/α-hetero) is 1. The summed E-state index contributed by atoms with van der Waals surface area (Å²) in [5.41, 5.74) is 4.70. The Bertz CT molecular complexity index is 1360. The molecule has 0 fully saturated rings. The summed E-state index contributed by atoms with van der Waals surface area (Å²) >= 11 is 4.46. The van der Waals surface area contributed by atoms with E-state index in [0.717, 1.165) is 32.3 Å². The third-order valence-corrected chi connectivity index (χ3v) is 7.87. The summed E-state index contributed by atoms with van der Waals surface area (Å²) < 4.78 is 5.26. The van der Waals surface area contributed by atoms with E-state index in [4.69, 9.17) is 9.72 Å². The molecule has 0 aliphatic rings. The van der Waals surface area contributed by atoms with E-state index in [1.54, 1.807) is 40.9 Å².